The van der Waals surface area contributed by atoms with Crippen LogP contribution < -0.4 is 19.6 Å². The number of carbonyl (C=O) groups excluding carboxylic acids is 2. The predicted molar refractivity (Wildman–Crippen MR) is 149 cm³/mol. The zero-order chi connectivity index (χ0) is 26.9. The van der Waals surface area contributed by atoms with Gasteiger partial charge in [0, 0.05) is 15.1 Å². The molecule has 4 rings (SSSR count). The van der Waals surface area contributed by atoms with E-state index in [1.54, 1.807) is 86.0 Å². The summed E-state index contributed by atoms with van der Waals surface area (Å²) in [7, 11) is 1.55. The van der Waals surface area contributed by atoms with Crippen LogP contribution >= 0.6 is 27.5 Å². The Morgan fingerprint density at radius 3 is 2.42 bits per heavy atom. The van der Waals surface area contributed by atoms with Gasteiger partial charge in [0.25, 0.3) is 5.91 Å². The number of hydrazone groups is 1. The maximum absolute atomic E-state index is 12.9. The molecule has 9 heteroatoms. The van der Waals surface area contributed by atoms with E-state index in [0.29, 0.717) is 33.2 Å². The summed E-state index contributed by atoms with van der Waals surface area (Å²) in [5, 5.41) is 4.70. The second-order valence-corrected chi connectivity index (χ2v) is 9.26. The molecule has 0 fully saturated rings. The Morgan fingerprint density at radius 2 is 1.68 bits per heavy atom. The largest absolute Gasteiger partial charge is 0.497 e. The van der Waals surface area contributed by atoms with Gasteiger partial charge in [-0.2, -0.15) is 5.10 Å². The van der Waals surface area contributed by atoms with Gasteiger partial charge in [-0.3, -0.25) is 4.79 Å². The summed E-state index contributed by atoms with van der Waals surface area (Å²) in [6.07, 6.45) is 1.40. The number of hydrogen-bond acceptors (Lipinski definition) is 6. The van der Waals surface area contributed by atoms with Crippen molar-refractivity contribution in [3.63, 3.8) is 0 Å². The molecule has 0 aliphatic rings. The average molecular weight is 594 g/mol. The fourth-order valence-electron chi connectivity index (χ4n) is 3.34. The van der Waals surface area contributed by atoms with Crippen molar-refractivity contribution in [2.45, 2.75) is 6.61 Å². The number of nitrogens with zero attached hydrogens (tertiary/aromatic N) is 1. The van der Waals surface area contributed by atoms with Gasteiger partial charge >= 0.3 is 5.97 Å². The van der Waals surface area contributed by atoms with Crippen molar-refractivity contribution in [2.24, 2.45) is 5.10 Å². The van der Waals surface area contributed by atoms with Gasteiger partial charge in [0.1, 0.15) is 23.9 Å². The number of hydrogen-bond donors (Lipinski definition) is 1. The van der Waals surface area contributed by atoms with Gasteiger partial charge in [-0.05, 0) is 72.3 Å². The van der Waals surface area contributed by atoms with Crippen molar-refractivity contribution in [1.82, 2.24) is 5.43 Å². The molecule has 4 aromatic rings. The Hall–Kier alpha value is -4.14. The molecular weight excluding hydrogens is 572 g/mol. The Kier molecular flexibility index (Phi) is 9.13. The highest BCUT2D eigenvalue weighted by molar-refractivity contribution is 9.10. The minimum atomic E-state index is -0.541. The summed E-state index contributed by atoms with van der Waals surface area (Å²) in [6, 6.07) is 25.8. The molecule has 0 atom stereocenters. The van der Waals surface area contributed by atoms with Crippen molar-refractivity contribution in [3.05, 3.63) is 123 Å². The van der Waals surface area contributed by atoms with Crippen molar-refractivity contribution >= 4 is 45.6 Å². The lowest BCUT2D eigenvalue weighted by Crippen LogP contribution is -2.19. The Labute approximate surface area is 233 Å². The highest BCUT2D eigenvalue weighted by Crippen LogP contribution is 2.24. The first-order valence-electron chi connectivity index (χ1n) is 11.4. The molecule has 0 saturated carbocycles. The molecule has 0 aliphatic heterocycles. The number of halogens is 2. The zero-order valence-electron chi connectivity index (χ0n) is 20.2. The van der Waals surface area contributed by atoms with Crippen LogP contribution in [0.4, 0.5) is 0 Å². The molecule has 0 unspecified atom stereocenters. The normalized spacial score (nSPS) is 10.7. The summed E-state index contributed by atoms with van der Waals surface area (Å²) in [4.78, 5) is 25.5. The van der Waals surface area contributed by atoms with E-state index in [-0.39, 0.29) is 12.4 Å². The van der Waals surface area contributed by atoms with Crippen LogP contribution in [-0.2, 0) is 6.61 Å². The molecule has 0 saturated heterocycles. The maximum atomic E-state index is 12.9. The summed E-state index contributed by atoms with van der Waals surface area (Å²) in [5.74, 6) is 0.316. The van der Waals surface area contributed by atoms with E-state index in [0.717, 1.165) is 10.0 Å². The number of rotatable bonds is 9. The highest BCUT2D eigenvalue weighted by atomic mass is 79.9. The van der Waals surface area contributed by atoms with Crippen LogP contribution in [-0.4, -0.2) is 25.2 Å². The molecule has 192 valence electrons. The van der Waals surface area contributed by atoms with E-state index >= 15 is 0 Å². The first-order valence-corrected chi connectivity index (χ1v) is 12.6. The van der Waals surface area contributed by atoms with Crippen molar-refractivity contribution in [1.29, 1.82) is 0 Å². The van der Waals surface area contributed by atoms with Gasteiger partial charge in [-0.1, -0.05) is 51.8 Å². The summed E-state index contributed by atoms with van der Waals surface area (Å²) < 4.78 is 17.3. The van der Waals surface area contributed by atoms with E-state index in [1.807, 2.05) is 12.1 Å². The molecule has 4 aromatic carbocycles. The van der Waals surface area contributed by atoms with Crippen LogP contribution in [0.5, 0.6) is 17.2 Å². The quantitative estimate of drug-likeness (QED) is 0.101. The van der Waals surface area contributed by atoms with E-state index in [1.165, 1.54) is 6.21 Å². The second kappa shape index (κ2) is 12.9. The number of esters is 1. The first kappa shape index (κ1) is 26.9. The topological polar surface area (TPSA) is 86.2 Å². The van der Waals surface area contributed by atoms with Crippen LogP contribution in [0.1, 0.15) is 31.8 Å². The first-order chi connectivity index (χ1) is 18.4. The third-order valence-corrected chi connectivity index (χ3v) is 6.05. The monoisotopic (exact) mass is 592 g/mol. The molecule has 7 nitrogen and oxygen atoms in total. The van der Waals surface area contributed by atoms with Crippen molar-refractivity contribution < 1.29 is 23.8 Å². The second-order valence-electron chi connectivity index (χ2n) is 7.91. The maximum Gasteiger partial charge on any atom is 0.343 e. The van der Waals surface area contributed by atoms with Gasteiger partial charge in [-0.25, -0.2) is 10.2 Å². The van der Waals surface area contributed by atoms with Crippen LogP contribution in [0, 0.1) is 0 Å². The lowest BCUT2D eigenvalue weighted by molar-refractivity contribution is 0.0734. The van der Waals surface area contributed by atoms with Crippen LogP contribution in [0.3, 0.4) is 0 Å². The molecule has 0 spiro atoms. The van der Waals surface area contributed by atoms with Gasteiger partial charge in [-0.15, -0.1) is 0 Å². The molecule has 1 N–H and O–H groups in total. The van der Waals surface area contributed by atoms with Crippen LogP contribution in [0.2, 0.25) is 5.02 Å². The van der Waals surface area contributed by atoms with Gasteiger partial charge in [0.05, 0.1) is 24.5 Å². The number of para-hydroxylation sites is 1. The molecule has 1 amide bonds. The number of methoxy groups -OCH3 is 1. The molecule has 0 bridgehead atoms. The minimum absolute atomic E-state index is 0.270. The van der Waals surface area contributed by atoms with E-state index in [2.05, 4.69) is 26.5 Å². The minimum Gasteiger partial charge on any atom is -0.497 e. The number of ether oxygens (including phenoxy) is 3. The van der Waals surface area contributed by atoms with Gasteiger partial charge in [0.15, 0.2) is 0 Å². The van der Waals surface area contributed by atoms with E-state index in [4.69, 9.17) is 25.8 Å². The Balaban J connectivity index is 1.43. The standard InChI is InChI=1S/C29H22BrClN2O5/c1-36-24-13-8-20(9-14-24)29(35)38-26-15-10-22(30)16-21(26)17-32-33-28(34)25-4-2-3-5-27(25)37-18-19-6-11-23(31)12-7-19/h2-17H,18H2,1H3,(H,33,34)/b32-17+. The molecule has 0 aromatic heterocycles. The van der Waals surface area contributed by atoms with Gasteiger partial charge < -0.3 is 14.2 Å². The zero-order valence-corrected chi connectivity index (χ0v) is 22.5. The molecular formula is C29H22BrClN2O5. The van der Waals surface area contributed by atoms with Crippen molar-refractivity contribution in [2.75, 3.05) is 7.11 Å². The predicted octanol–water partition coefficient (Wildman–Crippen LogP) is 6.67. The third kappa shape index (κ3) is 7.21. The molecule has 0 heterocycles. The Morgan fingerprint density at radius 1 is 0.947 bits per heavy atom. The SMILES string of the molecule is COc1ccc(C(=O)Oc2ccc(Br)cc2/C=N/NC(=O)c2ccccc2OCc2ccc(Cl)cc2)cc1. The summed E-state index contributed by atoms with van der Waals surface area (Å²) in [6.45, 7) is 0.270. The number of benzene rings is 4. The van der Waals surface area contributed by atoms with Gasteiger partial charge in [0.2, 0.25) is 0 Å². The average Bonchev–Trinajstić information content (AvgIpc) is 2.94. The van der Waals surface area contributed by atoms with E-state index < -0.39 is 11.9 Å². The fraction of sp³-hybridized carbons (Fsp3) is 0.0690. The highest BCUT2D eigenvalue weighted by Gasteiger charge is 2.14. The Bertz CT molecular complexity index is 1460. The number of amides is 1. The van der Waals surface area contributed by atoms with E-state index in [9.17, 15) is 9.59 Å². The summed E-state index contributed by atoms with van der Waals surface area (Å²) in [5.41, 5.74) is 4.57. The summed E-state index contributed by atoms with van der Waals surface area (Å²) >= 11 is 9.33. The lowest BCUT2D eigenvalue weighted by Gasteiger charge is -2.11. The molecule has 0 aliphatic carbocycles. The fourth-order valence-corrected chi connectivity index (χ4v) is 3.85. The van der Waals surface area contributed by atoms with Crippen LogP contribution in [0.15, 0.2) is 101 Å². The van der Waals surface area contributed by atoms with Crippen LogP contribution in [0.25, 0.3) is 0 Å². The molecule has 38 heavy (non-hydrogen) atoms. The smallest absolute Gasteiger partial charge is 0.343 e. The number of nitrogens with one attached hydrogen (secondary N) is 1. The third-order valence-electron chi connectivity index (χ3n) is 5.31. The lowest BCUT2D eigenvalue weighted by atomic mass is 10.2. The van der Waals surface area contributed by atoms with Crippen molar-refractivity contribution in [3.8, 4) is 17.2 Å². The molecule has 0 radical (unpaired) electrons. The number of carbonyl (C=O) groups is 2.